The van der Waals surface area contributed by atoms with Gasteiger partial charge in [-0.25, -0.2) is 4.98 Å². The van der Waals surface area contributed by atoms with Crippen LogP contribution >= 0.6 is 22.9 Å². The molecule has 12 heavy (non-hydrogen) atoms. The predicted octanol–water partition coefficient (Wildman–Crippen LogP) is 2.87. The fourth-order valence-electron chi connectivity index (χ4n) is 0.722. The fourth-order valence-corrected chi connectivity index (χ4v) is 1.58. The molecule has 0 atom stereocenters. The van der Waals surface area contributed by atoms with Gasteiger partial charge in [0.15, 0.2) is 5.13 Å². The first-order valence-electron chi connectivity index (χ1n) is 3.74. The van der Waals surface area contributed by atoms with Crippen molar-refractivity contribution in [3.63, 3.8) is 0 Å². The number of hydrogen-bond acceptors (Lipinski definition) is 3. The van der Waals surface area contributed by atoms with Crippen molar-refractivity contribution in [1.82, 2.24) is 4.98 Å². The summed E-state index contributed by atoms with van der Waals surface area (Å²) in [5.41, 5.74) is 1.11. The van der Waals surface area contributed by atoms with Gasteiger partial charge in [0.25, 0.3) is 0 Å². The van der Waals surface area contributed by atoms with Crippen molar-refractivity contribution in [2.75, 3.05) is 11.9 Å². The third-order valence-corrected chi connectivity index (χ3v) is 2.33. The van der Waals surface area contributed by atoms with Gasteiger partial charge in [0.05, 0.1) is 12.2 Å². The monoisotopic (exact) mass is 202 g/mol. The van der Waals surface area contributed by atoms with E-state index in [0.717, 1.165) is 17.2 Å². The second kappa shape index (κ2) is 4.48. The van der Waals surface area contributed by atoms with Crippen molar-refractivity contribution in [3.8, 4) is 0 Å². The zero-order chi connectivity index (χ0) is 8.97. The van der Waals surface area contributed by atoms with Crippen LogP contribution in [0.15, 0.2) is 17.0 Å². The first-order chi connectivity index (χ1) is 5.72. The van der Waals surface area contributed by atoms with Crippen LogP contribution in [-0.2, 0) is 6.42 Å². The maximum absolute atomic E-state index is 5.59. The lowest BCUT2D eigenvalue weighted by Crippen LogP contribution is -2.00. The van der Waals surface area contributed by atoms with Crippen LogP contribution in [0.2, 0.25) is 0 Å². The van der Waals surface area contributed by atoms with Gasteiger partial charge in [-0.05, 0) is 6.42 Å². The molecule has 0 aliphatic carbocycles. The van der Waals surface area contributed by atoms with Crippen molar-refractivity contribution in [3.05, 3.63) is 22.7 Å². The zero-order valence-corrected chi connectivity index (χ0v) is 8.50. The Balaban J connectivity index is 2.47. The van der Waals surface area contributed by atoms with E-state index in [0.29, 0.717) is 11.6 Å². The molecule has 0 aromatic carbocycles. The molecule has 1 N–H and O–H groups in total. The van der Waals surface area contributed by atoms with Crippen molar-refractivity contribution in [2.45, 2.75) is 13.3 Å². The Labute approximate surface area is 81.3 Å². The minimum atomic E-state index is 0.582. The molecule has 0 bridgehead atoms. The molecule has 0 aliphatic rings. The Morgan fingerprint density at radius 1 is 1.83 bits per heavy atom. The average molecular weight is 203 g/mol. The maximum atomic E-state index is 5.59. The van der Waals surface area contributed by atoms with Gasteiger partial charge in [-0.2, -0.15) is 0 Å². The predicted molar refractivity (Wildman–Crippen MR) is 55.0 cm³/mol. The SMILES string of the molecule is C=C(Cl)CNc1nc(CC)cs1. The summed E-state index contributed by atoms with van der Waals surface area (Å²) in [7, 11) is 0. The molecule has 0 saturated heterocycles. The van der Waals surface area contributed by atoms with Gasteiger partial charge < -0.3 is 5.32 Å². The van der Waals surface area contributed by atoms with Crippen LogP contribution in [0.1, 0.15) is 12.6 Å². The largest absolute Gasteiger partial charge is 0.357 e. The van der Waals surface area contributed by atoms with Gasteiger partial charge in [0, 0.05) is 10.4 Å². The van der Waals surface area contributed by atoms with Crippen LogP contribution in [0, 0.1) is 0 Å². The van der Waals surface area contributed by atoms with Gasteiger partial charge in [-0.15, -0.1) is 11.3 Å². The lowest BCUT2D eigenvalue weighted by molar-refractivity contribution is 1.06. The molecular weight excluding hydrogens is 192 g/mol. The van der Waals surface area contributed by atoms with E-state index in [-0.39, 0.29) is 0 Å². The summed E-state index contributed by atoms with van der Waals surface area (Å²) in [6.45, 7) is 6.24. The number of nitrogens with one attached hydrogen (secondary N) is 1. The van der Waals surface area contributed by atoms with E-state index < -0.39 is 0 Å². The summed E-state index contributed by atoms with van der Waals surface area (Å²) in [6.07, 6.45) is 0.972. The van der Waals surface area contributed by atoms with Crippen LogP contribution in [0.5, 0.6) is 0 Å². The first kappa shape index (κ1) is 9.55. The second-order valence-electron chi connectivity index (χ2n) is 2.37. The number of aryl methyl sites for hydroxylation is 1. The van der Waals surface area contributed by atoms with Crippen molar-refractivity contribution >= 4 is 28.1 Å². The highest BCUT2D eigenvalue weighted by Crippen LogP contribution is 2.15. The molecule has 1 rings (SSSR count). The van der Waals surface area contributed by atoms with E-state index in [4.69, 9.17) is 11.6 Å². The third-order valence-electron chi connectivity index (χ3n) is 1.35. The molecule has 4 heteroatoms. The highest BCUT2D eigenvalue weighted by molar-refractivity contribution is 7.13. The Morgan fingerprint density at radius 3 is 3.08 bits per heavy atom. The van der Waals surface area contributed by atoms with E-state index in [1.807, 2.05) is 5.38 Å². The van der Waals surface area contributed by atoms with Crippen molar-refractivity contribution in [1.29, 1.82) is 0 Å². The summed E-state index contributed by atoms with van der Waals surface area (Å²) in [6, 6.07) is 0. The summed E-state index contributed by atoms with van der Waals surface area (Å²) in [5.74, 6) is 0. The quantitative estimate of drug-likeness (QED) is 0.812. The first-order valence-corrected chi connectivity index (χ1v) is 4.99. The third kappa shape index (κ3) is 2.83. The van der Waals surface area contributed by atoms with Crippen LogP contribution in [0.25, 0.3) is 0 Å². The van der Waals surface area contributed by atoms with E-state index in [9.17, 15) is 0 Å². The van der Waals surface area contributed by atoms with Crippen LogP contribution < -0.4 is 5.32 Å². The second-order valence-corrected chi connectivity index (χ2v) is 3.76. The summed E-state index contributed by atoms with van der Waals surface area (Å²) in [4.78, 5) is 4.31. The molecule has 0 amide bonds. The highest BCUT2D eigenvalue weighted by atomic mass is 35.5. The fraction of sp³-hybridized carbons (Fsp3) is 0.375. The Kier molecular flexibility index (Phi) is 3.56. The lowest BCUT2D eigenvalue weighted by Gasteiger charge is -1.97. The number of thiazole rings is 1. The average Bonchev–Trinajstić information content (AvgIpc) is 2.48. The molecule has 0 aliphatic heterocycles. The van der Waals surface area contributed by atoms with E-state index in [1.165, 1.54) is 0 Å². The Bertz CT molecular complexity index is 270. The molecule has 0 spiro atoms. The molecule has 1 aromatic rings. The molecule has 1 aromatic heterocycles. The summed E-state index contributed by atoms with van der Waals surface area (Å²) >= 11 is 7.18. The highest BCUT2D eigenvalue weighted by Gasteiger charge is 1.98. The van der Waals surface area contributed by atoms with E-state index >= 15 is 0 Å². The number of rotatable bonds is 4. The van der Waals surface area contributed by atoms with Crippen LogP contribution in [-0.4, -0.2) is 11.5 Å². The number of anilines is 1. The van der Waals surface area contributed by atoms with Gasteiger partial charge in [-0.1, -0.05) is 25.1 Å². The minimum absolute atomic E-state index is 0.582. The molecule has 1 heterocycles. The molecule has 0 radical (unpaired) electrons. The number of nitrogens with zero attached hydrogens (tertiary/aromatic N) is 1. The maximum Gasteiger partial charge on any atom is 0.183 e. The molecule has 0 unspecified atom stereocenters. The molecular formula is C8H11ClN2S. The molecule has 0 fully saturated rings. The Hall–Kier alpha value is -0.540. The summed E-state index contributed by atoms with van der Waals surface area (Å²) in [5, 5.41) is 6.63. The van der Waals surface area contributed by atoms with E-state index in [1.54, 1.807) is 11.3 Å². The van der Waals surface area contributed by atoms with Crippen LogP contribution in [0.4, 0.5) is 5.13 Å². The van der Waals surface area contributed by atoms with Gasteiger partial charge in [0.2, 0.25) is 0 Å². The normalized spacial score (nSPS) is 9.83. The molecule has 0 saturated carbocycles. The van der Waals surface area contributed by atoms with Gasteiger partial charge in [0.1, 0.15) is 0 Å². The molecule has 66 valence electrons. The van der Waals surface area contributed by atoms with Gasteiger partial charge >= 0.3 is 0 Å². The standard InChI is InChI=1S/C8H11ClN2S/c1-3-7-5-12-8(11-7)10-4-6(2)9/h5H,2-4H2,1H3,(H,10,11). The van der Waals surface area contributed by atoms with E-state index in [2.05, 4.69) is 23.8 Å². The van der Waals surface area contributed by atoms with Crippen molar-refractivity contribution in [2.24, 2.45) is 0 Å². The van der Waals surface area contributed by atoms with Crippen LogP contribution in [0.3, 0.4) is 0 Å². The van der Waals surface area contributed by atoms with Crippen molar-refractivity contribution < 1.29 is 0 Å². The topological polar surface area (TPSA) is 24.9 Å². The lowest BCUT2D eigenvalue weighted by atomic mass is 10.4. The Morgan fingerprint density at radius 2 is 2.58 bits per heavy atom. The number of halogens is 1. The number of hydrogen-bond donors (Lipinski definition) is 1. The minimum Gasteiger partial charge on any atom is -0.357 e. The summed E-state index contributed by atoms with van der Waals surface area (Å²) < 4.78 is 0. The smallest absolute Gasteiger partial charge is 0.183 e. The van der Waals surface area contributed by atoms with Gasteiger partial charge in [-0.3, -0.25) is 0 Å². The zero-order valence-electron chi connectivity index (χ0n) is 6.93. The molecule has 2 nitrogen and oxygen atoms in total. The number of aromatic nitrogens is 1.